The summed E-state index contributed by atoms with van der Waals surface area (Å²) in [5.74, 6) is 1.23. The Kier molecular flexibility index (Phi) is 10.7. The van der Waals surface area contributed by atoms with Gasteiger partial charge in [0.2, 0.25) is 0 Å². The highest BCUT2D eigenvalue weighted by Gasteiger charge is 2.30. The van der Waals surface area contributed by atoms with Crippen LogP contribution in [-0.2, 0) is 4.74 Å². The van der Waals surface area contributed by atoms with Crippen molar-refractivity contribution in [3.05, 3.63) is 95.2 Å². The van der Waals surface area contributed by atoms with E-state index in [0.29, 0.717) is 54.9 Å². The fourth-order valence-electron chi connectivity index (χ4n) is 5.71. The number of amidine groups is 1. The fraction of sp³-hybridized carbons (Fsp3) is 0.405. The number of hydrogen-bond donors (Lipinski definition) is 5. The summed E-state index contributed by atoms with van der Waals surface area (Å²) in [6, 6.07) is 18.7. The lowest BCUT2D eigenvalue weighted by Crippen LogP contribution is -2.42. The summed E-state index contributed by atoms with van der Waals surface area (Å²) in [4.78, 5) is 20.6. The third kappa shape index (κ3) is 8.51. The van der Waals surface area contributed by atoms with Crippen LogP contribution in [0.5, 0.6) is 5.75 Å². The van der Waals surface area contributed by atoms with Gasteiger partial charge in [0.05, 0.1) is 31.1 Å². The molecule has 2 heterocycles. The molecule has 1 aromatic heterocycles. The van der Waals surface area contributed by atoms with Crippen molar-refractivity contribution in [2.45, 2.75) is 59.6 Å². The van der Waals surface area contributed by atoms with Crippen molar-refractivity contribution in [3.63, 3.8) is 0 Å². The minimum Gasteiger partial charge on any atom is -0.484 e. The number of carbonyl (C=O) groups excluding carboxylic acids is 1. The van der Waals surface area contributed by atoms with E-state index in [-0.39, 0.29) is 35.0 Å². The number of morpholine rings is 1. The first kappa shape index (κ1) is 34.4. The van der Waals surface area contributed by atoms with E-state index in [1.165, 1.54) is 0 Å². The van der Waals surface area contributed by atoms with Crippen molar-refractivity contribution in [1.82, 2.24) is 15.2 Å². The molecule has 254 valence electrons. The standard InChI is InChI=1S/C37H48N8O3/c1-24(2)35(40)45-23-27(13-16-33(45)39)48-31-15-14-30(28-11-6-7-12-29(28)31)42-36(46)43-34(22-32(38)37(3,4)5)41-25-9-8-10-26(21-25)44-17-19-47-20-18-44/h6-13,16,21-24,30-31,39-40H,14-15,17-20,38H2,1-5H3,(H2,41,42,43,46)/t30-,31+/m0/s1. The fourth-order valence-corrected chi connectivity index (χ4v) is 5.71. The quantitative estimate of drug-likeness (QED) is 0.153. The number of allylic oxidation sites excluding steroid dienone is 1. The highest BCUT2D eigenvalue weighted by molar-refractivity contribution is 6.05. The number of pyridine rings is 1. The van der Waals surface area contributed by atoms with Gasteiger partial charge >= 0.3 is 6.03 Å². The van der Waals surface area contributed by atoms with E-state index >= 15 is 0 Å². The highest BCUT2D eigenvalue weighted by atomic mass is 16.5. The number of aromatic nitrogens is 1. The summed E-state index contributed by atoms with van der Waals surface area (Å²) in [6.07, 6.45) is 4.51. The monoisotopic (exact) mass is 652 g/mol. The molecule has 1 saturated heterocycles. The minimum absolute atomic E-state index is 0.0334. The number of carbonyl (C=O) groups is 1. The molecular formula is C37H48N8O3. The number of nitrogens with one attached hydrogen (secondary N) is 4. The summed E-state index contributed by atoms with van der Waals surface area (Å²) in [5.41, 5.74) is 10.7. The van der Waals surface area contributed by atoms with Crippen LogP contribution in [0.25, 0.3) is 0 Å². The van der Waals surface area contributed by atoms with E-state index in [2.05, 4.69) is 21.6 Å². The summed E-state index contributed by atoms with van der Waals surface area (Å²) in [6.45, 7) is 12.9. The molecule has 11 heteroatoms. The van der Waals surface area contributed by atoms with Crippen molar-refractivity contribution in [1.29, 1.82) is 10.8 Å². The Morgan fingerprint density at radius 2 is 1.79 bits per heavy atom. The zero-order valence-electron chi connectivity index (χ0n) is 28.5. The Morgan fingerprint density at radius 1 is 1.06 bits per heavy atom. The zero-order chi connectivity index (χ0) is 34.4. The zero-order valence-corrected chi connectivity index (χ0v) is 28.5. The molecule has 1 aliphatic heterocycles. The van der Waals surface area contributed by atoms with Gasteiger partial charge in [-0.05, 0) is 54.3 Å². The van der Waals surface area contributed by atoms with E-state index in [1.54, 1.807) is 29.0 Å². The molecule has 1 fully saturated rings. The van der Waals surface area contributed by atoms with Crippen LogP contribution in [0, 0.1) is 22.2 Å². The maximum atomic E-state index is 13.6. The van der Waals surface area contributed by atoms with Gasteiger partial charge in [-0.15, -0.1) is 0 Å². The lowest BCUT2D eigenvalue weighted by atomic mass is 9.85. The third-order valence-corrected chi connectivity index (χ3v) is 8.60. The summed E-state index contributed by atoms with van der Waals surface area (Å²) >= 11 is 0. The molecule has 0 radical (unpaired) electrons. The third-order valence-electron chi connectivity index (χ3n) is 8.60. The van der Waals surface area contributed by atoms with Crippen LogP contribution in [0.3, 0.4) is 0 Å². The van der Waals surface area contributed by atoms with Gasteiger partial charge in [-0.3, -0.25) is 20.7 Å². The number of amides is 2. The molecular weight excluding hydrogens is 604 g/mol. The number of hydrogen-bond acceptors (Lipinski definition) is 8. The number of benzene rings is 2. The van der Waals surface area contributed by atoms with E-state index in [1.807, 2.05) is 77.1 Å². The Hall–Kier alpha value is -4.90. The van der Waals surface area contributed by atoms with Gasteiger partial charge in [-0.25, -0.2) is 9.79 Å². The van der Waals surface area contributed by atoms with Crippen LogP contribution < -0.4 is 31.5 Å². The van der Waals surface area contributed by atoms with Gasteiger partial charge in [0.1, 0.15) is 29.0 Å². The van der Waals surface area contributed by atoms with Crippen LogP contribution in [-0.4, -0.2) is 48.6 Å². The number of nitrogens with two attached hydrogens (primary N) is 1. The Labute approximate surface area is 282 Å². The molecule has 0 unspecified atom stereocenters. The molecule has 3 aromatic rings. The largest absolute Gasteiger partial charge is 0.484 e. The average molecular weight is 653 g/mol. The molecule has 0 saturated carbocycles. The van der Waals surface area contributed by atoms with Crippen molar-refractivity contribution >= 4 is 29.1 Å². The van der Waals surface area contributed by atoms with Crippen molar-refractivity contribution in [2.75, 3.05) is 31.2 Å². The van der Waals surface area contributed by atoms with Gasteiger partial charge in [0, 0.05) is 41.9 Å². The van der Waals surface area contributed by atoms with Gasteiger partial charge in [-0.2, -0.15) is 0 Å². The predicted molar refractivity (Wildman–Crippen MR) is 190 cm³/mol. The smallest absolute Gasteiger partial charge is 0.320 e. The molecule has 2 aromatic carbocycles. The van der Waals surface area contributed by atoms with Gasteiger partial charge in [0.25, 0.3) is 0 Å². The second-order valence-corrected chi connectivity index (χ2v) is 13.6. The molecule has 48 heavy (non-hydrogen) atoms. The maximum Gasteiger partial charge on any atom is 0.320 e. The van der Waals surface area contributed by atoms with Crippen LogP contribution in [0.15, 0.2) is 83.6 Å². The van der Waals surface area contributed by atoms with Gasteiger partial charge in [-0.1, -0.05) is 65.0 Å². The van der Waals surface area contributed by atoms with Crippen molar-refractivity contribution < 1.29 is 14.3 Å². The molecule has 5 rings (SSSR count). The van der Waals surface area contributed by atoms with Crippen LogP contribution in [0.1, 0.15) is 70.7 Å². The van der Waals surface area contributed by atoms with E-state index in [9.17, 15) is 4.79 Å². The molecule has 2 atom stereocenters. The number of fused-ring (bicyclic) bond motifs is 1. The highest BCUT2D eigenvalue weighted by Crippen LogP contribution is 2.38. The molecule has 0 bridgehead atoms. The van der Waals surface area contributed by atoms with Gasteiger partial charge in [0.15, 0.2) is 0 Å². The van der Waals surface area contributed by atoms with Crippen molar-refractivity contribution in [2.24, 2.45) is 22.1 Å². The van der Waals surface area contributed by atoms with E-state index in [0.717, 1.165) is 29.9 Å². The number of urea groups is 1. The number of ether oxygens (including phenoxy) is 2. The number of rotatable bonds is 7. The van der Waals surface area contributed by atoms with Gasteiger partial charge < -0.3 is 25.4 Å². The van der Waals surface area contributed by atoms with Crippen LogP contribution in [0.2, 0.25) is 0 Å². The van der Waals surface area contributed by atoms with Crippen LogP contribution in [0.4, 0.5) is 16.2 Å². The topological polar surface area (TPSA) is 154 Å². The maximum absolute atomic E-state index is 13.6. The molecule has 1 aliphatic carbocycles. The van der Waals surface area contributed by atoms with E-state index in [4.69, 9.17) is 31.0 Å². The number of anilines is 1. The van der Waals surface area contributed by atoms with Crippen LogP contribution >= 0.6 is 0 Å². The summed E-state index contributed by atoms with van der Waals surface area (Å²) < 4.78 is 13.5. The molecule has 2 aliphatic rings. The molecule has 11 nitrogen and oxygen atoms in total. The number of nitrogens with zero attached hydrogens (tertiary/aromatic N) is 3. The minimum atomic E-state index is -0.380. The van der Waals surface area contributed by atoms with Crippen molar-refractivity contribution in [3.8, 4) is 5.75 Å². The lowest BCUT2D eigenvalue weighted by Gasteiger charge is -2.32. The first-order valence-corrected chi connectivity index (χ1v) is 16.6. The Morgan fingerprint density at radius 3 is 2.50 bits per heavy atom. The second-order valence-electron chi connectivity index (χ2n) is 13.6. The summed E-state index contributed by atoms with van der Waals surface area (Å²) in [7, 11) is 0. The Balaban J connectivity index is 1.34. The summed E-state index contributed by atoms with van der Waals surface area (Å²) in [5, 5.41) is 22.8. The molecule has 2 amide bonds. The predicted octanol–water partition coefficient (Wildman–Crippen LogP) is 6.16. The van der Waals surface area contributed by atoms with E-state index < -0.39 is 0 Å². The molecule has 6 N–H and O–H groups in total. The second kappa shape index (κ2) is 14.9. The lowest BCUT2D eigenvalue weighted by molar-refractivity contribution is 0.122. The number of aliphatic imine (C=N–C) groups is 1. The first-order valence-electron chi connectivity index (χ1n) is 16.6. The molecule has 0 spiro atoms. The SMILES string of the molecule is CC(C)C(=N)n1cc(O[C@@H]2CC[C@H](NC(=O)NC(C=C(N)C(C)(C)C)=Nc3cccc(N4CCOCC4)c3)c3ccccc32)ccc1=N. The first-order chi connectivity index (χ1) is 22.9. The normalized spacial score (nSPS) is 18.7. The Bertz CT molecular complexity index is 1750. The average Bonchev–Trinajstić information content (AvgIpc) is 3.06.